The molecule has 1 aromatic rings. The van der Waals surface area contributed by atoms with E-state index in [-0.39, 0.29) is 5.56 Å². The first-order valence-corrected chi connectivity index (χ1v) is 5.45. The van der Waals surface area contributed by atoms with Crippen LogP contribution in [0.3, 0.4) is 0 Å². The zero-order valence-electron chi connectivity index (χ0n) is 9.92. The Morgan fingerprint density at radius 2 is 2.17 bits per heavy atom. The lowest BCUT2D eigenvalue weighted by Crippen LogP contribution is -2.43. The molecule has 0 saturated carbocycles. The van der Waals surface area contributed by atoms with Gasteiger partial charge in [-0.2, -0.15) is 0 Å². The molecule has 1 rings (SSSR count). The molecular weight excluding hydrogens is 238 g/mol. The summed E-state index contributed by atoms with van der Waals surface area (Å²) in [5, 5.41) is 19.7. The molecule has 3 N–H and O–H groups in total. The molecule has 98 valence electrons. The third kappa shape index (κ3) is 3.74. The first-order valence-electron chi connectivity index (χ1n) is 5.45. The van der Waals surface area contributed by atoms with Crippen LogP contribution in [-0.2, 0) is 4.79 Å². The number of carboxylic acids is 1. The van der Waals surface area contributed by atoms with E-state index in [1.807, 2.05) is 6.92 Å². The number of carbonyl (C=O) groups is 2. The summed E-state index contributed by atoms with van der Waals surface area (Å²) in [7, 11) is 0. The Kier molecular flexibility index (Phi) is 5.13. The van der Waals surface area contributed by atoms with Crippen molar-refractivity contribution < 1.29 is 24.5 Å². The van der Waals surface area contributed by atoms with Crippen molar-refractivity contribution in [2.75, 3.05) is 13.2 Å². The van der Waals surface area contributed by atoms with E-state index in [1.54, 1.807) is 12.1 Å². The lowest BCUT2D eigenvalue weighted by molar-refractivity contribution is -0.140. The summed E-state index contributed by atoms with van der Waals surface area (Å²) in [5.74, 6) is -1.33. The van der Waals surface area contributed by atoms with Gasteiger partial charge in [-0.1, -0.05) is 6.07 Å². The van der Waals surface area contributed by atoms with Crippen molar-refractivity contribution in [1.29, 1.82) is 0 Å². The molecule has 0 radical (unpaired) electrons. The molecule has 1 amide bonds. The van der Waals surface area contributed by atoms with Gasteiger partial charge in [0.05, 0.1) is 13.2 Å². The van der Waals surface area contributed by atoms with E-state index in [2.05, 4.69) is 5.32 Å². The molecule has 1 unspecified atom stereocenters. The summed E-state index contributed by atoms with van der Waals surface area (Å²) in [4.78, 5) is 22.4. The molecule has 0 aliphatic rings. The zero-order chi connectivity index (χ0) is 13.5. The molecule has 1 aromatic carbocycles. The highest BCUT2D eigenvalue weighted by atomic mass is 16.5. The molecule has 0 aromatic heterocycles. The van der Waals surface area contributed by atoms with Gasteiger partial charge in [0, 0.05) is 5.56 Å². The molecule has 0 spiro atoms. The van der Waals surface area contributed by atoms with Crippen molar-refractivity contribution in [3.8, 4) is 5.75 Å². The Labute approximate surface area is 104 Å². The van der Waals surface area contributed by atoms with Gasteiger partial charge in [-0.3, -0.25) is 4.79 Å². The van der Waals surface area contributed by atoms with Crippen LogP contribution in [-0.4, -0.2) is 41.3 Å². The molecular formula is C12H15NO5. The maximum absolute atomic E-state index is 11.7. The Balaban J connectivity index is 2.77. The number of aliphatic carboxylic acids is 1. The summed E-state index contributed by atoms with van der Waals surface area (Å²) >= 11 is 0. The third-order valence-electron chi connectivity index (χ3n) is 2.19. The summed E-state index contributed by atoms with van der Waals surface area (Å²) in [6, 6.07) is 5.06. The number of aliphatic hydroxyl groups excluding tert-OH is 1. The van der Waals surface area contributed by atoms with Crippen LogP contribution < -0.4 is 10.1 Å². The summed E-state index contributed by atoms with van der Waals surface area (Å²) in [5.41, 5.74) is 0.278. The second-order valence-electron chi connectivity index (χ2n) is 3.51. The van der Waals surface area contributed by atoms with Gasteiger partial charge in [-0.15, -0.1) is 0 Å². The smallest absolute Gasteiger partial charge is 0.328 e. The zero-order valence-corrected chi connectivity index (χ0v) is 9.92. The van der Waals surface area contributed by atoms with Gasteiger partial charge in [0.25, 0.3) is 5.91 Å². The van der Waals surface area contributed by atoms with Gasteiger partial charge in [0.2, 0.25) is 0 Å². The average Bonchev–Trinajstić information content (AvgIpc) is 2.36. The number of amides is 1. The van der Waals surface area contributed by atoms with Crippen molar-refractivity contribution in [3.63, 3.8) is 0 Å². The second kappa shape index (κ2) is 6.61. The standard InChI is InChI=1S/C12H15NO5/c1-2-18-9-5-3-4-8(6-9)11(15)13-10(7-14)12(16)17/h3-6,10,14H,2,7H2,1H3,(H,13,15)(H,16,17). The number of benzene rings is 1. The van der Waals surface area contributed by atoms with E-state index in [0.29, 0.717) is 12.4 Å². The second-order valence-corrected chi connectivity index (χ2v) is 3.51. The van der Waals surface area contributed by atoms with Crippen LogP contribution in [0.2, 0.25) is 0 Å². The van der Waals surface area contributed by atoms with E-state index >= 15 is 0 Å². The van der Waals surface area contributed by atoms with Crippen LogP contribution >= 0.6 is 0 Å². The van der Waals surface area contributed by atoms with Gasteiger partial charge in [0.15, 0.2) is 6.04 Å². The topological polar surface area (TPSA) is 95.9 Å². The largest absolute Gasteiger partial charge is 0.494 e. The Morgan fingerprint density at radius 1 is 1.44 bits per heavy atom. The van der Waals surface area contributed by atoms with Gasteiger partial charge < -0.3 is 20.3 Å². The van der Waals surface area contributed by atoms with Crippen LogP contribution in [0.1, 0.15) is 17.3 Å². The number of carboxylic acid groups (broad SMARTS) is 1. The van der Waals surface area contributed by atoms with E-state index < -0.39 is 24.5 Å². The van der Waals surface area contributed by atoms with Crippen molar-refractivity contribution >= 4 is 11.9 Å². The highest BCUT2D eigenvalue weighted by molar-refractivity contribution is 5.96. The molecule has 0 aliphatic heterocycles. The number of hydrogen-bond acceptors (Lipinski definition) is 4. The molecule has 18 heavy (non-hydrogen) atoms. The highest BCUT2D eigenvalue weighted by Gasteiger charge is 2.19. The number of nitrogens with one attached hydrogen (secondary N) is 1. The quantitative estimate of drug-likeness (QED) is 0.676. The highest BCUT2D eigenvalue weighted by Crippen LogP contribution is 2.13. The molecule has 0 fully saturated rings. The van der Waals surface area contributed by atoms with Crippen molar-refractivity contribution in [3.05, 3.63) is 29.8 Å². The lowest BCUT2D eigenvalue weighted by atomic mass is 10.2. The minimum absolute atomic E-state index is 0.278. The fourth-order valence-corrected chi connectivity index (χ4v) is 1.32. The molecule has 6 heteroatoms. The first kappa shape index (κ1) is 14.0. The fraction of sp³-hybridized carbons (Fsp3) is 0.333. The number of hydrogen-bond donors (Lipinski definition) is 3. The molecule has 0 heterocycles. The van der Waals surface area contributed by atoms with Gasteiger partial charge >= 0.3 is 5.97 Å². The van der Waals surface area contributed by atoms with E-state index in [4.69, 9.17) is 14.9 Å². The van der Waals surface area contributed by atoms with Gasteiger partial charge in [-0.25, -0.2) is 4.79 Å². The Hall–Kier alpha value is -2.08. The molecule has 0 bridgehead atoms. The minimum atomic E-state index is -1.31. The Bertz CT molecular complexity index is 432. The SMILES string of the molecule is CCOc1cccc(C(=O)NC(CO)C(=O)O)c1. The number of ether oxygens (including phenoxy) is 1. The minimum Gasteiger partial charge on any atom is -0.494 e. The molecule has 1 atom stereocenters. The maximum Gasteiger partial charge on any atom is 0.328 e. The summed E-state index contributed by atoms with van der Waals surface area (Å²) < 4.78 is 5.23. The number of carbonyl (C=O) groups excluding carboxylic acids is 1. The fourth-order valence-electron chi connectivity index (χ4n) is 1.32. The molecule has 0 aliphatic carbocycles. The van der Waals surface area contributed by atoms with Crippen LogP contribution in [0.15, 0.2) is 24.3 Å². The first-order chi connectivity index (χ1) is 8.58. The van der Waals surface area contributed by atoms with Crippen LogP contribution in [0.5, 0.6) is 5.75 Å². The van der Waals surface area contributed by atoms with Gasteiger partial charge in [-0.05, 0) is 25.1 Å². The molecule has 6 nitrogen and oxygen atoms in total. The summed E-state index contributed by atoms with van der Waals surface area (Å²) in [6.07, 6.45) is 0. The van der Waals surface area contributed by atoms with E-state index in [0.717, 1.165) is 0 Å². The third-order valence-corrected chi connectivity index (χ3v) is 2.19. The van der Waals surface area contributed by atoms with Crippen LogP contribution in [0.25, 0.3) is 0 Å². The van der Waals surface area contributed by atoms with Crippen molar-refractivity contribution in [1.82, 2.24) is 5.32 Å². The molecule has 0 saturated heterocycles. The van der Waals surface area contributed by atoms with E-state index in [9.17, 15) is 9.59 Å². The van der Waals surface area contributed by atoms with E-state index in [1.165, 1.54) is 12.1 Å². The van der Waals surface area contributed by atoms with Crippen LogP contribution in [0, 0.1) is 0 Å². The average molecular weight is 253 g/mol. The van der Waals surface area contributed by atoms with Crippen LogP contribution in [0.4, 0.5) is 0 Å². The predicted molar refractivity (Wildman–Crippen MR) is 63.6 cm³/mol. The number of rotatable bonds is 6. The van der Waals surface area contributed by atoms with Gasteiger partial charge in [0.1, 0.15) is 5.75 Å². The normalized spacial score (nSPS) is 11.7. The summed E-state index contributed by atoms with van der Waals surface area (Å²) in [6.45, 7) is 1.63. The number of aliphatic hydroxyl groups is 1. The maximum atomic E-state index is 11.7. The van der Waals surface area contributed by atoms with Crippen molar-refractivity contribution in [2.45, 2.75) is 13.0 Å². The van der Waals surface area contributed by atoms with Crippen molar-refractivity contribution in [2.24, 2.45) is 0 Å². The lowest BCUT2D eigenvalue weighted by Gasteiger charge is -2.12. The Morgan fingerprint density at radius 3 is 2.72 bits per heavy atom. The predicted octanol–water partition coefficient (Wildman–Crippen LogP) is 0.261. The monoisotopic (exact) mass is 253 g/mol.